The lowest BCUT2D eigenvalue weighted by Gasteiger charge is -2.17. The van der Waals surface area contributed by atoms with Crippen molar-refractivity contribution in [2.24, 2.45) is 0 Å². The second-order valence-electron chi connectivity index (χ2n) is 8.62. The molecule has 12 heteroatoms. The number of epoxide rings is 1. The fourth-order valence-corrected chi connectivity index (χ4v) is 3.71. The Hall–Kier alpha value is -3.13. The normalized spacial score (nSPS) is 15.7. The molecule has 3 rings (SSSR count). The lowest BCUT2D eigenvalue weighted by Crippen LogP contribution is -2.16. The van der Waals surface area contributed by atoms with Gasteiger partial charge in [0.2, 0.25) is 5.78 Å². The number of hydrogen-bond donors (Lipinski definition) is 0. The highest BCUT2D eigenvalue weighted by molar-refractivity contribution is 6.06. The molecule has 42 heavy (non-hydrogen) atoms. The maximum Gasteiger partial charge on any atom is 0.202 e. The van der Waals surface area contributed by atoms with E-state index in [0.29, 0.717) is 50.3 Å². The number of rotatable bonds is 23. The van der Waals surface area contributed by atoms with E-state index in [2.05, 4.69) is 0 Å². The summed E-state index contributed by atoms with van der Waals surface area (Å²) < 4.78 is 61.4. The summed E-state index contributed by atoms with van der Waals surface area (Å²) in [4.78, 5) is 13.9. The Labute approximate surface area is 246 Å². The van der Waals surface area contributed by atoms with Gasteiger partial charge in [-0.2, -0.15) is 0 Å². The van der Waals surface area contributed by atoms with Crippen molar-refractivity contribution >= 4 is 5.78 Å². The summed E-state index contributed by atoms with van der Waals surface area (Å²) in [5.41, 5.74) is 0.920. The van der Waals surface area contributed by atoms with E-state index in [1.807, 2.05) is 40.7 Å². The average molecular weight is 595 g/mol. The molecule has 0 N–H and O–H groups in total. The van der Waals surface area contributed by atoms with E-state index >= 15 is 0 Å². The quantitative estimate of drug-likeness (QED) is 0.0755. The van der Waals surface area contributed by atoms with Crippen molar-refractivity contribution in [1.82, 2.24) is 0 Å². The third kappa shape index (κ3) is 10.0. The zero-order valence-corrected chi connectivity index (χ0v) is 25.0. The Morgan fingerprint density at radius 1 is 0.595 bits per heavy atom. The predicted octanol–water partition coefficient (Wildman–Crippen LogP) is 4.87. The van der Waals surface area contributed by atoms with Crippen LogP contribution >= 0.6 is 0 Å². The molecule has 0 saturated carbocycles. The molecule has 1 fully saturated rings. The standard InChI is InChI=1S/C30H42O12/c1-6-32-16-37-22-14-25(40-19-35-9-4)27(26(15-22)41-20-36-10-5)28(31)30-29(42-30)21-11-12-23(38-17-33-7-2)24(13-21)39-18-34-8-3/h11-15,29-30H,6-10,16-20H2,1-5H3/t29-,30-/m0/s1. The van der Waals surface area contributed by atoms with E-state index in [1.54, 1.807) is 24.3 Å². The van der Waals surface area contributed by atoms with Crippen LogP contribution in [0, 0.1) is 0 Å². The molecule has 2 aromatic rings. The molecule has 1 aliphatic rings. The minimum atomic E-state index is -0.793. The number of Topliss-reactive ketones (excluding diaryl/α,β-unsaturated/α-hetero) is 1. The topological polar surface area (TPSA) is 122 Å². The fraction of sp³-hybridized carbons (Fsp3) is 0.567. The van der Waals surface area contributed by atoms with Gasteiger partial charge in [-0.3, -0.25) is 4.79 Å². The van der Waals surface area contributed by atoms with Gasteiger partial charge < -0.3 is 52.1 Å². The number of carbonyl (C=O) groups excluding carboxylic acids is 1. The van der Waals surface area contributed by atoms with Crippen molar-refractivity contribution in [2.45, 2.75) is 46.8 Å². The highest BCUT2D eigenvalue weighted by Crippen LogP contribution is 2.46. The van der Waals surface area contributed by atoms with Gasteiger partial charge in [0.25, 0.3) is 0 Å². The molecule has 0 unspecified atom stereocenters. The number of benzene rings is 2. The summed E-state index contributed by atoms with van der Waals surface area (Å²) in [6, 6.07) is 8.52. The summed E-state index contributed by atoms with van der Waals surface area (Å²) >= 11 is 0. The highest BCUT2D eigenvalue weighted by Gasteiger charge is 2.48. The zero-order chi connectivity index (χ0) is 30.2. The second-order valence-corrected chi connectivity index (χ2v) is 8.62. The minimum Gasteiger partial charge on any atom is -0.467 e. The SMILES string of the molecule is CCOCOc1cc(OCOCC)c(C(=O)[C@@H]2O[C@H]2c2ccc(OCOCC)c(OCOCC)c2)c(OCOCC)c1. The van der Waals surface area contributed by atoms with Gasteiger partial charge >= 0.3 is 0 Å². The lowest BCUT2D eigenvalue weighted by atomic mass is 10.0. The van der Waals surface area contributed by atoms with E-state index in [0.717, 1.165) is 5.56 Å². The van der Waals surface area contributed by atoms with Crippen LogP contribution in [-0.2, 0) is 28.4 Å². The van der Waals surface area contributed by atoms with Gasteiger partial charge in [0, 0.05) is 45.2 Å². The molecule has 12 nitrogen and oxygen atoms in total. The van der Waals surface area contributed by atoms with Crippen LogP contribution in [0.2, 0.25) is 0 Å². The molecule has 0 aliphatic carbocycles. The molecule has 0 aromatic heterocycles. The van der Waals surface area contributed by atoms with Gasteiger partial charge in [-0.1, -0.05) is 6.07 Å². The van der Waals surface area contributed by atoms with Gasteiger partial charge in [-0.25, -0.2) is 0 Å². The van der Waals surface area contributed by atoms with Gasteiger partial charge in [-0.05, 0) is 52.3 Å². The molecule has 1 aliphatic heterocycles. The van der Waals surface area contributed by atoms with E-state index in [-0.39, 0.29) is 56.8 Å². The molecular formula is C30H42O12. The highest BCUT2D eigenvalue weighted by atomic mass is 16.7. The van der Waals surface area contributed by atoms with Crippen LogP contribution in [0.5, 0.6) is 28.7 Å². The van der Waals surface area contributed by atoms with Gasteiger partial charge in [-0.15, -0.1) is 0 Å². The third-order valence-corrected chi connectivity index (χ3v) is 5.85. The second kappa shape index (κ2) is 18.4. The van der Waals surface area contributed by atoms with Crippen molar-refractivity contribution in [1.29, 1.82) is 0 Å². The summed E-state index contributed by atoms with van der Waals surface area (Å²) in [6.45, 7) is 11.6. The molecule has 0 bridgehead atoms. The number of ketones is 1. The van der Waals surface area contributed by atoms with Crippen LogP contribution in [0.1, 0.15) is 56.6 Å². The number of hydrogen-bond acceptors (Lipinski definition) is 12. The zero-order valence-electron chi connectivity index (χ0n) is 25.0. The first-order valence-corrected chi connectivity index (χ1v) is 14.1. The molecule has 0 spiro atoms. The van der Waals surface area contributed by atoms with E-state index in [4.69, 9.17) is 52.1 Å². The average Bonchev–Trinajstić information content (AvgIpc) is 3.79. The van der Waals surface area contributed by atoms with Gasteiger partial charge in [0.15, 0.2) is 51.6 Å². The van der Waals surface area contributed by atoms with E-state index in [1.165, 1.54) is 0 Å². The fourth-order valence-electron chi connectivity index (χ4n) is 3.71. The van der Waals surface area contributed by atoms with Crippen LogP contribution in [0.25, 0.3) is 0 Å². The largest absolute Gasteiger partial charge is 0.467 e. The maximum atomic E-state index is 13.9. The number of carbonyl (C=O) groups is 1. The molecule has 234 valence electrons. The van der Waals surface area contributed by atoms with Crippen molar-refractivity contribution in [2.75, 3.05) is 67.0 Å². The monoisotopic (exact) mass is 594 g/mol. The summed E-state index contributed by atoms with van der Waals surface area (Å²) in [5.74, 6) is 1.44. The van der Waals surface area contributed by atoms with Crippen LogP contribution in [0.4, 0.5) is 0 Å². The smallest absolute Gasteiger partial charge is 0.202 e. The van der Waals surface area contributed by atoms with Crippen LogP contribution in [0.15, 0.2) is 30.3 Å². The first kappa shape index (κ1) is 33.4. The maximum absolute atomic E-state index is 13.9. The molecular weight excluding hydrogens is 552 g/mol. The van der Waals surface area contributed by atoms with Crippen molar-refractivity contribution in [3.63, 3.8) is 0 Å². The van der Waals surface area contributed by atoms with Crippen molar-refractivity contribution in [3.05, 3.63) is 41.5 Å². The molecule has 0 amide bonds. The van der Waals surface area contributed by atoms with Crippen LogP contribution in [-0.4, -0.2) is 78.9 Å². The van der Waals surface area contributed by atoms with Crippen LogP contribution in [0.3, 0.4) is 0 Å². The Bertz CT molecular complexity index is 1060. The van der Waals surface area contributed by atoms with Crippen molar-refractivity contribution in [3.8, 4) is 28.7 Å². The van der Waals surface area contributed by atoms with E-state index < -0.39 is 12.2 Å². The first-order valence-electron chi connectivity index (χ1n) is 14.1. The molecule has 1 heterocycles. The molecule has 2 aromatic carbocycles. The van der Waals surface area contributed by atoms with Crippen LogP contribution < -0.4 is 23.7 Å². The molecule has 0 radical (unpaired) electrons. The van der Waals surface area contributed by atoms with E-state index in [9.17, 15) is 4.79 Å². The Kier molecular flexibility index (Phi) is 14.6. The first-order chi connectivity index (χ1) is 20.6. The summed E-state index contributed by atoms with van der Waals surface area (Å²) in [7, 11) is 0. The Morgan fingerprint density at radius 3 is 1.55 bits per heavy atom. The number of ether oxygens (including phenoxy) is 11. The summed E-state index contributed by atoms with van der Waals surface area (Å²) in [6.07, 6.45) is -1.32. The minimum absolute atomic E-state index is 0.0192. The lowest BCUT2D eigenvalue weighted by molar-refractivity contribution is 0.00599. The van der Waals surface area contributed by atoms with Crippen molar-refractivity contribution < 1.29 is 56.9 Å². The Morgan fingerprint density at radius 2 is 1.05 bits per heavy atom. The third-order valence-electron chi connectivity index (χ3n) is 5.85. The van der Waals surface area contributed by atoms with Gasteiger partial charge in [0.05, 0.1) is 0 Å². The summed E-state index contributed by atoms with van der Waals surface area (Å²) in [5, 5.41) is 0. The Balaban J connectivity index is 1.87. The molecule has 1 saturated heterocycles. The van der Waals surface area contributed by atoms with Gasteiger partial charge in [0.1, 0.15) is 28.9 Å². The predicted molar refractivity (Wildman–Crippen MR) is 150 cm³/mol. The molecule has 2 atom stereocenters.